The van der Waals surface area contributed by atoms with E-state index in [1.54, 1.807) is 14.1 Å². The second-order valence-electron chi connectivity index (χ2n) is 1.71. The van der Waals surface area contributed by atoms with E-state index in [0.717, 1.165) is 5.71 Å². The lowest BCUT2D eigenvalue weighted by Crippen LogP contribution is -2.36. The molecule has 60 valence electrons. The number of hydrazone groups is 1. The van der Waals surface area contributed by atoms with Crippen molar-refractivity contribution in [2.75, 3.05) is 27.2 Å². The predicted molar refractivity (Wildman–Crippen MR) is 42.6 cm³/mol. The number of nitrogens with one attached hydrogen (secondary N) is 3. The molecule has 0 fully saturated rings. The molecule has 0 aliphatic heterocycles. The quantitative estimate of drug-likeness (QED) is 0.273. The summed E-state index contributed by atoms with van der Waals surface area (Å²) in [6.07, 6.45) is 0. The fourth-order valence-corrected chi connectivity index (χ4v) is 0.506. The Morgan fingerprint density at radius 3 is 2.60 bits per heavy atom. The van der Waals surface area contributed by atoms with Crippen LogP contribution in [0, 0.1) is 0 Å². The average molecular weight is 145 g/mol. The lowest BCUT2D eigenvalue weighted by molar-refractivity contribution is 0.653. The van der Waals surface area contributed by atoms with Gasteiger partial charge in [-0.3, -0.25) is 10.9 Å². The van der Waals surface area contributed by atoms with Crippen LogP contribution in [-0.4, -0.2) is 32.9 Å². The van der Waals surface area contributed by atoms with Crippen LogP contribution in [0.3, 0.4) is 0 Å². The van der Waals surface area contributed by atoms with Crippen molar-refractivity contribution in [2.45, 2.75) is 0 Å². The van der Waals surface area contributed by atoms with Gasteiger partial charge >= 0.3 is 0 Å². The van der Waals surface area contributed by atoms with Gasteiger partial charge in [-0.25, -0.2) is 0 Å². The molecule has 0 aliphatic rings. The van der Waals surface area contributed by atoms with Gasteiger partial charge in [0.2, 0.25) is 0 Å². The van der Waals surface area contributed by atoms with Crippen molar-refractivity contribution in [3.63, 3.8) is 0 Å². The van der Waals surface area contributed by atoms with Gasteiger partial charge in [0.05, 0.1) is 12.3 Å². The van der Waals surface area contributed by atoms with Gasteiger partial charge < -0.3 is 11.2 Å². The Morgan fingerprint density at radius 2 is 2.20 bits per heavy atom. The largest absolute Gasteiger partial charge is 0.325 e. The first kappa shape index (κ1) is 9.35. The maximum absolute atomic E-state index is 5.36. The highest BCUT2D eigenvalue weighted by molar-refractivity contribution is 5.87. The van der Waals surface area contributed by atoms with E-state index in [4.69, 9.17) is 5.73 Å². The number of hydrogen-bond acceptors (Lipinski definition) is 5. The molecule has 5 heteroatoms. The molecule has 0 unspecified atom stereocenters. The first-order valence-electron chi connectivity index (χ1n) is 3.17. The summed E-state index contributed by atoms with van der Waals surface area (Å²) < 4.78 is 0. The van der Waals surface area contributed by atoms with Gasteiger partial charge in [0.15, 0.2) is 0 Å². The van der Waals surface area contributed by atoms with E-state index in [2.05, 4.69) is 21.4 Å². The third kappa shape index (κ3) is 4.25. The van der Waals surface area contributed by atoms with E-state index in [1.807, 2.05) is 0 Å². The van der Waals surface area contributed by atoms with Gasteiger partial charge in [0.25, 0.3) is 0 Å². The summed E-state index contributed by atoms with van der Waals surface area (Å²) in [5.41, 5.74) is 14.6. The van der Waals surface area contributed by atoms with Crippen molar-refractivity contribution in [1.29, 1.82) is 0 Å². The van der Waals surface area contributed by atoms with E-state index in [-0.39, 0.29) is 0 Å². The summed E-state index contributed by atoms with van der Waals surface area (Å²) in [5.74, 6) is 0. The monoisotopic (exact) mass is 145 g/mol. The van der Waals surface area contributed by atoms with Crippen LogP contribution in [0.2, 0.25) is 0 Å². The van der Waals surface area contributed by atoms with Crippen molar-refractivity contribution in [3.05, 3.63) is 0 Å². The molecule has 0 bridgehead atoms. The lowest BCUT2D eigenvalue weighted by Gasteiger charge is -2.03. The van der Waals surface area contributed by atoms with Gasteiger partial charge in [0, 0.05) is 13.6 Å². The summed E-state index contributed by atoms with van der Waals surface area (Å²) in [5, 5.41) is 3.92. The summed E-state index contributed by atoms with van der Waals surface area (Å²) in [6, 6.07) is 0. The summed E-state index contributed by atoms with van der Waals surface area (Å²) >= 11 is 0. The first-order chi connectivity index (χ1) is 4.85. The Bertz CT molecular complexity index is 100. The fourth-order valence-electron chi connectivity index (χ4n) is 0.506. The second kappa shape index (κ2) is 6.47. The van der Waals surface area contributed by atoms with Crippen LogP contribution in [0.15, 0.2) is 5.10 Å². The van der Waals surface area contributed by atoms with Crippen LogP contribution in [0.4, 0.5) is 0 Å². The zero-order chi connectivity index (χ0) is 7.82. The smallest absolute Gasteiger partial charge is 0.0665 e. The van der Waals surface area contributed by atoms with Gasteiger partial charge in [0.1, 0.15) is 0 Å². The number of nitrogens with two attached hydrogens (primary N) is 1. The highest BCUT2D eigenvalue weighted by atomic mass is 15.3. The molecule has 0 saturated carbocycles. The SMILES string of the molecule is CN/N=C(/CN)CNNC. The van der Waals surface area contributed by atoms with Crippen molar-refractivity contribution in [2.24, 2.45) is 10.8 Å². The number of hydrazine groups is 1. The molecule has 0 aromatic heterocycles. The van der Waals surface area contributed by atoms with Crippen molar-refractivity contribution in [1.82, 2.24) is 16.3 Å². The molecule has 5 N–H and O–H groups in total. The zero-order valence-corrected chi connectivity index (χ0v) is 6.44. The topological polar surface area (TPSA) is 74.5 Å². The average Bonchev–Trinajstić information content (AvgIpc) is 1.98. The molecule has 0 heterocycles. The molecule has 5 nitrogen and oxygen atoms in total. The van der Waals surface area contributed by atoms with Gasteiger partial charge in [-0.15, -0.1) is 0 Å². The van der Waals surface area contributed by atoms with E-state index < -0.39 is 0 Å². The van der Waals surface area contributed by atoms with E-state index >= 15 is 0 Å². The first-order valence-corrected chi connectivity index (χ1v) is 3.17. The van der Waals surface area contributed by atoms with Crippen LogP contribution >= 0.6 is 0 Å². The standard InChI is InChI=1S/C5H15N5/c1-7-9-4-5(3-6)10-8-2/h7-9H,3-4,6H2,1-2H3/b10-5-. The van der Waals surface area contributed by atoms with Gasteiger partial charge in [-0.1, -0.05) is 0 Å². The molecule has 0 rings (SSSR count). The van der Waals surface area contributed by atoms with Crippen LogP contribution in [0.5, 0.6) is 0 Å². The highest BCUT2D eigenvalue weighted by Gasteiger charge is 1.92. The molecule has 10 heavy (non-hydrogen) atoms. The maximum Gasteiger partial charge on any atom is 0.0665 e. The summed E-state index contributed by atoms with van der Waals surface area (Å²) in [6.45, 7) is 1.13. The predicted octanol–water partition coefficient (Wildman–Crippen LogP) is -1.76. The molecule has 0 spiro atoms. The zero-order valence-electron chi connectivity index (χ0n) is 6.44. The van der Waals surface area contributed by atoms with E-state index in [9.17, 15) is 0 Å². The van der Waals surface area contributed by atoms with Crippen molar-refractivity contribution < 1.29 is 0 Å². The number of nitrogens with zero attached hydrogens (tertiary/aromatic N) is 1. The molecule has 0 radical (unpaired) electrons. The fraction of sp³-hybridized carbons (Fsp3) is 0.800. The minimum atomic E-state index is 0.468. The Morgan fingerprint density at radius 1 is 1.50 bits per heavy atom. The van der Waals surface area contributed by atoms with E-state index in [1.165, 1.54) is 0 Å². The minimum Gasteiger partial charge on any atom is -0.325 e. The van der Waals surface area contributed by atoms with Crippen LogP contribution in [0.1, 0.15) is 0 Å². The molecule has 0 aromatic carbocycles. The molecule has 0 amide bonds. The van der Waals surface area contributed by atoms with Gasteiger partial charge in [-0.05, 0) is 7.05 Å². The normalized spacial score (nSPS) is 11.7. The van der Waals surface area contributed by atoms with Crippen molar-refractivity contribution in [3.8, 4) is 0 Å². The number of rotatable bonds is 5. The molecular formula is C5H15N5. The Kier molecular flexibility index (Phi) is 6.05. The summed E-state index contributed by atoms with van der Waals surface area (Å²) in [7, 11) is 3.54. The van der Waals surface area contributed by atoms with E-state index in [0.29, 0.717) is 13.1 Å². The van der Waals surface area contributed by atoms with Gasteiger partial charge in [-0.2, -0.15) is 5.10 Å². The molecule has 0 aliphatic carbocycles. The van der Waals surface area contributed by atoms with Crippen LogP contribution < -0.4 is 22.0 Å². The maximum atomic E-state index is 5.36. The summed E-state index contributed by atoms with van der Waals surface area (Å²) in [4.78, 5) is 0. The third-order valence-electron chi connectivity index (χ3n) is 0.975. The lowest BCUT2D eigenvalue weighted by atomic mass is 10.4. The highest BCUT2D eigenvalue weighted by Crippen LogP contribution is 1.67. The van der Waals surface area contributed by atoms with Crippen LogP contribution in [-0.2, 0) is 0 Å². The minimum absolute atomic E-state index is 0.468. The molecular weight excluding hydrogens is 130 g/mol. The Balaban J connectivity index is 3.49. The van der Waals surface area contributed by atoms with Crippen LogP contribution in [0.25, 0.3) is 0 Å². The van der Waals surface area contributed by atoms with Crippen molar-refractivity contribution >= 4 is 5.71 Å². The molecule has 0 aromatic rings. The molecule has 0 saturated heterocycles. The number of hydrogen-bond donors (Lipinski definition) is 4. The molecule has 0 atom stereocenters. The third-order valence-corrected chi connectivity index (χ3v) is 0.975. The Labute approximate surface area is 61.0 Å². The Hall–Kier alpha value is -0.650. The second-order valence-corrected chi connectivity index (χ2v) is 1.71.